The molecule has 0 saturated carbocycles. The summed E-state index contributed by atoms with van der Waals surface area (Å²) in [7, 11) is 4.61. The number of amides is 1. The van der Waals surface area contributed by atoms with Crippen LogP contribution in [0.25, 0.3) is 5.76 Å². The van der Waals surface area contributed by atoms with E-state index in [-0.39, 0.29) is 24.5 Å². The molecule has 0 aromatic heterocycles. The molecule has 0 spiro atoms. The number of aliphatic hydroxyl groups is 1. The fourth-order valence-corrected chi connectivity index (χ4v) is 4.54. The van der Waals surface area contributed by atoms with Crippen molar-refractivity contribution in [2.75, 3.05) is 34.5 Å². The molecule has 1 heterocycles. The average Bonchev–Trinajstić information content (AvgIpc) is 3.19. The molecule has 1 saturated heterocycles. The average molecular weight is 518 g/mol. The highest BCUT2D eigenvalue weighted by molar-refractivity contribution is 6.46. The number of methoxy groups -OCH3 is 3. The predicted octanol–water partition coefficient (Wildman–Crippen LogP) is 4.66. The molecule has 1 aliphatic rings. The Morgan fingerprint density at radius 1 is 0.895 bits per heavy atom. The number of hydrogen-bond acceptors (Lipinski definition) is 7. The molecule has 0 aliphatic carbocycles. The van der Waals surface area contributed by atoms with Gasteiger partial charge in [0.1, 0.15) is 18.1 Å². The van der Waals surface area contributed by atoms with Crippen molar-refractivity contribution in [1.29, 1.82) is 0 Å². The van der Waals surface area contributed by atoms with Crippen molar-refractivity contribution >= 4 is 17.4 Å². The minimum Gasteiger partial charge on any atom is -0.507 e. The van der Waals surface area contributed by atoms with Crippen LogP contribution in [0.5, 0.6) is 17.2 Å². The highest BCUT2D eigenvalue weighted by Gasteiger charge is 2.46. The van der Waals surface area contributed by atoms with Gasteiger partial charge in [0.05, 0.1) is 32.4 Å². The molecule has 1 N–H and O–H groups in total. The number of nitrogens with zero attached hydrogens (tertiary/aromatic N) is 1. The fraction of sp³-hybridized carbons (Fsp3) is 0.267. The monoisotopic (exact) mass is 517 g/mol. The zero-order chi connectivity index (χ0) is 27.2. The molecule has 0 unspecified atom stereocenters. The molecule has 0 bridgehead atoms. The van der Waals surface area contributed by atoms with Crippen LogP contribution < -0.4 is 14.2 Å². The number of rotatable bonds is 10. The van der Waals surface area contributed by atoms with Gasteiger partial charge in [0.15, 0.2) is 11.5 Å². The lowest BCUT2D eigenvalue weighted by molar-refractivity contribution is -0.140. The largest absolute Gasteiger partial charge is 0.507 e. The van der Waals surface area contributed by atoms with Crippen LogP contribution in [0.3, 0.4) is 0 Å². The van der Waals surface area contributed by atoms with Crippen molar-refractivity contribution in [3.05, 3.63) is 94.6 Å². The lowest BCUT2D eigenvalue weighted by Crippen LogP contribution is -2.32. The van der Waals surface area contributed by atoms with Gasteiger partial charge in [-0.1, -0.05) is 36.4 Å². The molecule has 1 atom stereocenters. The molecular weight excluding hydrogens is 486 g/mol. The van der Waals surface area contributed by atoms with Gasteiger partial charge in [0.25, 0.3) is 11.7 Å². The van der Waals surface area contributed by atoms with Crippen LogP contribution in [0.15, 0.2) is 72.3 Å². The summed E-state index contributed by atoms with van der Waals surface area (Å²) in [5, 5.41) is 11.3. The smallest absolute Gasteiger partial charge is 0.295 e. The van der Waals surface area contributed by atoms with Gasteiger partial charge in [-0.15, -0.1) is 0 Å². The first kappa shape index (κ1) is 26.8. The molecule has 8 heteroatoms. The summed E-state index contributed by atoms with van der Waals surface area (Å²) < 4.78 is 22.1. The number of carbonyl (C=O) groups excluding carboxylic acids is 2. The van der Waals surface area contributed by atoms with E-state index in [9.17, 15) is 14.7 Å². The van der Waals surface area contributed by atoms with Gasteiger partial charge >= 0.3 is 0 Å². The first-order valence-corrected chi connectivity index (χ1v) is 12.2. The number of aryl methyl sites for hydroxylation is 1. The van der Waals surface area contributed by atoms with Crippen LogP contribution in [0, 0.1) is 6.92 Å². The first-order chi connectivity index (χ1) is 18.4. The number of ketones is 1. The number of hydrogen-bond donors (Lipinski definition) is 1. The van der Waals surface area contributed by atoms with E-state index in [1.54, 1.807) is 43.5 Å². The summed E-state index contributed by atoms with van der Waals surface area (Å²) in [6.07, 6.45) is 0. The van der Waals surface area contributed by atoms with E-state index in [0.29, 0.717) is 35.0 Å². The quantitative estimate of drug-likeness (QED) is 0.237. The third-order valence-corrected chi connectivity index (χ3v) is 6.49. The number of aliphatic hydroxyl groups excluding tert-OH is 1. The molecule has 3 aromatic carbocycles. The Bertz CT molecular complexity index is 1350. The van der Waals surface area contributed by atoms with E-state index >= 15 is 0 Å². The van der Waals surface area contributed by atoms with E-state index in [4.69, 9.17) is 18.9 Å². The van der Waals surface area contributed by atoms with Crippen LogP contribution in [0.4, 0.5) is 0 Å². The number of Topliss-reactive ketones (excluding diaryl/α,β-unsaturated/α-hetero) is 1. The Balaban J connectivity index is 1.76. The van der Waals surface area contributed by atoms with Crippen molar-refractivity contribution < 1.29 is 33.6 Å². The third kappa shape index (κ3) is 5.35. The summed E-state index contributed by atoms with van der Waals surface area (Å²) >= 11 is 0. The topological polar surface area (TPSA) is 94.5 Å². The van der Waals surface area contributed by atoms with Crippen molar-refractivity contribution in [2.24, 2.45) is 0 Å². The summed E-state index contributed by atoms with van der Waals surface area (Å²) in [4.78, 5) is 27.7. The highest BCUT2D eigenvalue weighted by atomic mass is 16.5. The summed E-state index contributed by atoms with van der Waals surface area (Å²) in [6.45, 7) is 2.57. The molecule has 1 aliphatic heterocycles. The molecule has 4 rings (SSSR count). The van der Waals surface area contributed by atoms with Crippen molar-refractivity contribution in [3.8, 4) is 17.2 Å². The SMILES string of the molecule is COCCN1C(=O)C(=O)C(=C(O)c2ccc(OC)c(C)c2)[C@@H]1c1ccc(OCc2ccccc2)c(OC)c1. The summed E-state index contributed by atoms with van der Waals surface area (Å²) in [5.41, 5.74) is 2.78. The third-order valence-electron chi connectivity index (χ3n) is 6.49. The maximum Gasteiger partial charge on any atom is 0.295 e. The Morgan fingerprint density at radius 2 is 1.61 bits per heavy atom. The Kier molecular flexibility index (Phi) is 8.33. The highest BCUT2D eigenvalue weighted by Crippen LogP contribution is 2.42. The molecule has 38 heavy (non-hydrogen) atoms. The van der Waals surface area contributed by atoms with Gasteiger partial charge in [0.2, 0.25) is 0 Å². The minimum absolute atomic E-state index is 0.00400. The van der Waals surface area contributed by atoms with E-state index < -0.39 is 17.7 Å². The lowest BCUT2D eigenvalue weighted by atomic mass is 9.94. The van der Waals surface area contributed by atoms with Crippen molar-refractivity contribution in [2.45, 2.75) is 19.6 Å². The molecule has 1 amide bonds. The molecule has 8 nitrogen and oxygen atoms in total. The van der Waals surface area contributed by atoms with Crippen LogP contribution >= 0.6 is 0 Å². The first-order valence-electron chi connectivity index (χ1n) is 12.2. The zero-order valence-electron chi connectivity index (χ0n) is 21.9. The predicted molar refractivity (Wildman–Crippen MR) is 142 cm³/mol. The second-order valence-corrected chi connectivity index (χ2v) is 8.85. The van der Waals surface area contributed by atoms with E-state index in [1.165, 1.54) is 19.1 Å². The number of ether oxygens (including phenoxy) is 4. The Labute approximate surface area is 222 Å². The maximum atomic E-state index is 13.2. The van der Waals surface area contributed by atoms with Crippen molar-refractivity contribution in [1.82, 2.24) is 4.90 Å². The minimum atomic E-state index is -0.843. The Hall–Kier alpha value is -4.30. The normalized spacial score (nSPS) is 16.5. The Morgan fingerprint density at radius 3 is 2.26 bits per heavy atom. The van der Waals surface area contributed by atoms with Crippen LogP contribution in [-0.2, 0) is 20.9 Å². The molecule has 198 valence electrons. The number of benzene rings is 3. The maximum absolute atomic E-state index is 13.2. The van der Waals surface area contributed by atoms with Crippen molar-refractivity contribution in [3.63, 3.8) is 0 Å². The number of carbonyl (C=O) groups is 2. The number of likely N-dealkylation sites (tertiary alicyclic amines) is 1. The van der Waals surface area contributed by atoms with E-state index in [0.717, 1.165) is 11.1 Å². The van der Waals surface area contributed by atoms with Gasteiger partial charge in [-0.25, -0.2) is 0 Å². The van der Waals surface area contributed by atoms with Crippen LogP contribution in [0.2, 0.25) is 0 Å². The second kappa shape index (κ2) is 11.8. The van der Waals surface area contributed by atoms with Crippen LogP contribution in [-0.4, -0.2) is 56.2 Å². The molecular formula is C30H31NO7. The second-order valence-electron chi connectivity index (χ2n) is 8.85. The van der Waals surface area contributed by atoms with Gasteiger partial charge in [0, 0.05) is 19.2 Å². The zero-order valence-corrected chi connectivity index (χ0v) is 21.9. The molecule has 0 radical (unpaired) electrons. The summed E-state index contributed by atoms with van der Waals surface area (Å²) in [6, 6.07) is 19.2. The molecule has 1 fully saturated rings. The summed E-state index contributed by atoms with van der Waals surface area (Å²) in [5.74, 6) is -0.129. The standard InChI is InChI=1S/C30H31NO7/c1-19-16-22(11-12-23(19)36-3)28(32)26-27(31(14-15-35-2)30(34)29(26)33)21-10-13-24(25(17-21)37-4)38-18-20-8-6-5-7-9-20/h5-13,16-17,27,32H,14-15,18H2,1-4H3/t27-/m0/s1. The lowest BCUT2D eigenvalue weighted by Gasteiger charge is -2.25. The van der Waals surface area contributed by atoms with Gasteiger partial charge in [-0.2, -0.15) is 0 Å². The molecule has 3 aromatic rings. The van der Waals surface area contributed by atoms with Gasteiger partial charge in [-0.05, 0) is 53.9 Å². The van der Waals surface area contributed by atoms with Gasteiger partial charge < -0.3 is 29.0 Å². The van der Waals surface area contributed by atoms with E-state index in [1.807, 2.05) is 37.3 Å². The van der Waals surface area contributed by atoms with Crippen LogP contribution in [0.1, 0.15) is 28.3 Å². The van der Waals surface area contributed by atoms with E-state index in [2.05, 4.69) is 0 Å². The van der Waals surface area contributed by atoms with Gasteiger partial charge in [-0.3, -0.25) is 9.59 Å². The fourth-order valence-electron chi connectivity index (χ4n) is 4.54.